The summed E-state index contributed by atoms with van der Waals surface area (Å²) in [4.78, 5) is 18.7. The van der Waals surface area contributed by atoms with Gasteiger partial charge in [0.2, 0.25) is 0 Å². The quantitative estimate of drug-likeness (QED) is 0.781. The third-order valence-electron chi connectivity index (χ3n) is 4.50. The molecule has 8 heteroatoms. The zero-order valence-electron chi connectivity index (χ0n) is 15.4. The Morgan fingerprint density at radius 2 is 2.08 bits per heavy atom. The van der Waals surface area contributed by atoms with Crippen LogP contribution in [-0.2, 0) is 21.2 Å². The molecule has 6 nitrogen and oxygen atoms in total. The number of sulfone groups is 1. The lowest BCUT2D eigenvalue weighted by Gasteiger charge is -2.25. The lowest BCUT2D eigenvalue weighted by atomic mass is 9.96. The van der Waals surface area contributed by atoms with Crippen molar-refractivity contribution in [2.24, 2.45) is 10.4 Å². The third kappa shape index (κ3) is 4.06. The summed E-state index contributed by atoms with van der Waals surface area (Å²) in [7, 11) is -1.44. The first kappa shape index (κ1) is 19.2. The van der Waals surface area contributed by atoms with Crippen LogP contribution in [0.5, 0.6) is 5.75 Å². The number of nitrogens with zero attached hydrogens (tertiary/aromatic N) is 2. The molecule has 2 aliphatic heterocycles. The average Bonchev–Trinajstić information content (AvgIpc) is 2.99. The van der Waals surface area contributed by atoms with Gasteiger partial charge in [0, 0.05) is 17.2 Å². The smallest absolute Gasteiger partial charge is 0.253 e. The normalized spacial score (nSPS) is 26.2. The SMILES string of the molecule is COc1cccc(CN2C(=NC(=O)C(C)(C)C)S[C@@H]3CS(=O)(=O)C[C@H]32)c1. The Hall–Kier alpha value is -1.54. The van der Waals surface area contributed by atoms with Crippen molar-refractivity contribution < 1.29 is 17.9 Å². The van der Waals surface area contributed by atoms with E-state index in [2.05, 4.69) is 4.99 Å². The predicted molar refractivity (Wildman–Crippen MR) is 104 cm³/mol. The van der Waals surface area contributed by atoms with E-state index in [4.69, 9.17) is 4.74 Å². The molecule has 0 N–H and O–H groups in total. The fourth-order valence-electron chi connectivity index (χ4n) is 3.04. The first-order chi connectivity index (χ1) is 12.1. The number of amides is 1. The van der Waals surface area contributed by atoms with Gasteiger partial charge >= 0.3 is 0 Å². The van der Waals surface area contributed by atoms with E-state index in [1.807, 2.05) is 49.9 Å². The molecule has 1 aromatic rings. The molecule has 2 aliphatic rings. The average molecular weight is 397 g/mol. The van der Waals surface area contributed by atoms with Gasteiger partial charge in [0.05, 0.1) is 24.7 Å². The molecular weight excluding hydrogens is 372 g/mol. The number of thioether (sulfide) groups is 1. The molecule has 142 valence electrons. The molecule has 2 heterocycles. The molecule has 1 amide bonds. The molecule has 26 heavy (non-hydrogen) atoms. The summed E-state index contributed by atoms with van der Waals surface area (Å²) in [6.45, 7) is 5.99. The highest BCUT2D eigenvalue weighted by Gasteiger charge is 2.48. The largest absolute Gasteiger partial charge is 0.497 e. The van der Waals surface area contributed by atoms with Crippen molar-refractivity contribution in [3.63, 3.8) is 0 Å². The van der Waals surface area contributed by atoms with Crippen molar-refractivity contribution >= 4 is 32.7 Å². The molecule has 1 aromatic carbocycles. The number of ether oxygens (including phenoxy) is 1. The number of rotatable bonds is 3. The second-order valence-corrected chi connectivity index (χ2v) is 11.1. The number of fused-ring (bicyclic) bond motifs is 1. The van der Waals surface area contributed by atoms with Crippen LogP contribution in [0.4, 0.5) is 0 Å². The molecular formula is C18H24N2O4S2. The van der Waals surface area contributed by atoms with Crippen molar-refractivity contribution in [1.29, 1.82) is 0 Å². The maximum atomic E-state index is 12.4. The van der Waals surface area contributed by atoms with Gasteiger partial charge in [-0.15, -0.1) is 0 Å². The Morgan fingerprint density at radius 1 is 1.35 bits per heavy atom. The van der Waals surface area contributed by atoms with Crippen LogP contribution in [0.1, 0.15) is 26.3 Å². The summed E-state index contributed by atoms with van der Waals surface area (Å²) in [5.41, 5.74) is 0.421. The standard InChI is InChI=1S/C18H24N2O4S2/c1-18(2,3)16(21)19-17-20(9-12-6-5-7-13(8-12)24-4)14-10-26(22,23)11-15(14)25-17/h5-8,14-15H,9-11H2,1-4H3/t14-,15-/m1/s1. The van der Waals surface area contributed by atoms with Crippen molar-refractivity contribution in [1.82, 2.24) is 4.90 Å². The van der Waals surface area contributed by atoms with E-state index in [0.717, 1.165) is 11.3 Å². The zero-order chi connectivity index (χ0) is 19.1. The van der Waals surface area contributed by atoms with Crippen molar-refractivity contribution in [3.05, 3.63) is 29.8 Å². The number of hydrogen-bond donors (Lipinski definition) is 0. The molecule has 0 aliphatic carbocycles. The van der Waals surface area contributed by atoms with Gasteiger partial charge in [-0.2, -0.15) is 4.99 Å². The molecule has 0 bridgehead atoms. The number of aliphatic imine (C=N–C) groups is 1. The number of carbonyl (C=O) groups is 1. The fourth-order valence-corrected chi connectivity index (χ4v) is 6.99. The first-order valence-corrected chi connectivity index (χ1v) is 11.2. The van der Waals surface area contributed by atoms with Gasteiger partial charge in [-0.1, -0.05) is 44.7 Å². The van der Waals surface area contributed by atoms with E-state index >= 15 is 0 Å². The van der Waals surface area contributed by atoms with Crippen molar-refractivity contribution in [2.45, 2.75) is 38.6 Å². The first-order valence-electron chi connectivity index (χ1n) is 8.49. The van der Waals surface area contributed by atoms with E-state index in [-0.39, 0.29) is 28.7 Å². The molecule has 2 fully saturated rings. The Kier molecular flexibility index (Phi) is 5.09. The molecule has 0 aromatic heterocycles. The van der Waals surface area contributed by atoms with E-state index in [9.17, 15) is 13.2 Å². The van der Waals surface area contributed by atoms with Crippen molar-refractivity contribution in [2.75, 3.05) is 18.6 Å². The van der Waals surface area contributed by atoms with Gasteiger partial charge in [-0.05, 0) is 17.7 Å². The van der Waals surface area contributed by atoms with Crippen molar-refractivity contribution in [3.8, 4) is 5.75 Å². The molecule has 2 saturated heterocycles. The summed E-state index contributed by atoms with van der Waals surface area (Å²) < 4.78 is 29.4. The summed E-state index contributed by atoms with van der Waals surface area (Å²) in [5, 5.41) is 0.551. The highest BCUT2D eigenvalue weighted by Crippen LogP contribution is 2.39. The minimum Gasteiger partial charge on any atom is -0.497 e. The third-order valence-corrected chi connectivity index (χ3v) is 7.75. The Bertz CT molecular complexity index is 843. The fraction of sp³-hybridized carbons (Fsp3) is 0.556. The van der Waals surface area contributed by atoms with E-state index in [1.54, 1.807) is 7.11 Å². The lowest BCUT2D eigenvalue weighted by Crippen LogP contribution is -2.37. The Balaban J connectivity index is 1.92. The molecule has 2 atom stereocenters. The van der Waals surface area contributed by atoms with Crippen LogP contribution >= 0.6 is 11.8 Å². The van der Waals surface area contributed by atoms with E-state index in [0.29, 0.717) is 11.7 Å². The maximum absolute atomic E-state index is 12.4. The molecule has 0 radical (unpaired) electrons. The molecule has 3 rings (SSSR count). The maximum Gasteiger partial charge on any atom is 0.253 e. The molecule has 0 unspecified atom stereocenters. The molecule has 0 saturated carbocycles. The Morgan fingerprint density at radius 3 is 2.73 bits per heavy atom. The number of methoxy groups -OCH3 is 1. The van der Waals surface area contributed by atoms with Crippen LogP contribution in [-0.4, -0.2) is 54.3 Å². The number of carbonyl (C=O) groups excluding carboxylic acids is 1. The van der Waals surface area contributed by atoms with Crippen LogP contribution in [0.25, 0.3) is 0 Å². The van der Waals surface area contributed by atoms with Gasteiger partial charge in [0.1, 0.15) is 5.75 Å². The second-order valence-electron chi connectivity index (χ2n) is 7.73. The van der Waals surface area contributed by atoms with Crippen LogP contribution in [0.2, 0.25) is 0 Å². The van der Waals surface area contributed by atoms with Gasteiger partial charge in [0.25, 0.3) is 5.91 Å². The summed E-state index contributed by atoms with van der Waals surface area (Å²) in [6, 6.07) is 7.50. The number of benzene rings is 1. The van der Waals surface area contributed by atoms with Crippen LogP contribution < -0.4 is 4.74 Å². The van der Waals surface area contributed by atoms with E-state index in [1.165, 1.54) is 11.8 Å². The van der Waals surface area contributed by atoms with Crippen LogP contribution in [0.15, 0.2) is 29.3 Å². The highest BCUT2D eigenvalue weighted by atomic mass is 32.2. The summed E-state index contributed by atoms with van der Waals surface area (Å²) in [5.74, 6) is 0.796. The predicted octanol–water partition coefficient (Wildman–Crippen LogP) is 2.34. The van der Waals surface area contributed by atoms with E-state index < -0.39 is 15.3 Å². The minimum absolute atomic E-state index is 0.0721. The topological polar surface area (TPSA) is 76.0 Å². The lowest BCUT2D eigenvalue weighted by molar-refractivity contribution is -0.124. The van der Waals surface area contributed by atoms with Crippen LogP contribution in [0.3, 0.4) is 0 Å². The van der Waals surface area contributed by atoms with Gasteiger partial charge in [-0.3, -0.25) is 4.79 Å². The monoisotopic (exact) mass is 396 g/mol. The van der Waals surface area contributed by atoms with Gasteiger partial charge in [-0.25, -0.2) is 8.42 Å². The van der Waals surface area contributed by atoms with Gasteiger partial charge in [0.15, 0.2) is 15.0 Å². The second kappa shape index (κ2) is 6.88. The number of hydrogen-bond acceptors (Lipinski definition) is 5. The molecule has 0 spiro atoms. The zero-order valence-corrected chi connectivity index (χ0v) is 17.1. The number of amidine groups is 1. The van der Waals surface area contributed by atoms with Crippen LogP contribution in [0, 0.1) is 5.41 Å². The highest BCUT2D eigenvalue weighted by molar-refractivity contribution is 8.15. The summed E-state index contributed by atoms with van der Waals surface area (Å²) in [6.07, 6.45) is 0. The minimum atomic E-state index is -3.05. The summed E-state index contributed by atoms with van der Waals surface area (Å²) >= 11 is 1.41. The Labute approximate surface area is 158 Å². The van der Waals surface area contributed by atoms with Gasteiger partial charge < -0.3 is 9.64 Å².